The number of carbonyl (C=O) groups excluding carboxylic acids is 1. The fourth-order valence-electron chi connectivity index (χ4n) is 3.06. The largest absolute Gasteiger partial charge is 0.394 e. The van der Waals surface area contributed by atoms with E-state index >= 15 is 0 Å². The second-order valence-electron chi connectivity index (χ2n) is 8.38. The van der Waals surface area contributed by atoms with Crippen LogP contribution in [0.25, 0.3) is 0 Å². The van der Waals surface area contributed by atoms with Crippen LogP contribution in [0.2, 0.25) is 0 Å². The number of aliphatic hydroxyl groups excluding tert-OH is 1. The molecular formula is C23H31NO2. The summed E-state index contributed by atoms with van der Waals surface area (Å²) in [4.78, 5) is 13.3. The number of aliphatic hydroxyl groups is 1. The minimum Gasteiger partial charge on any atom is -0.394 e. The Bertz CT molecular complexity index is 691. The third-order valence-electron chi connectivity index (χ3n) is 4.98. The molecule has 0 bridgehead atoms. The Morgan fingerprint density at radius 3 is 1.96 bits per heavy atom. The van der Waals surface area contributed by atoms with Crippen LogP contribution in [-0.2, 0) is 10.2 Å². The smallest absolute Gasteiger partial charge is 0.230 e. The number of amides is 1. The number of hydrogen-bond donors (Lipinski definition) is 2. The highest BCUT2D eigenvalue weighted by Gasteiger charge is 2.37. The van der Waals surface area contributed by atoms with Gasteiger partial charge in [-0.1, -0.05) is 81.4 Å². The standard InChI is InChI=1S/C23H31NO2/c1-22(2,3)15-16-23(4,19-13-9-6-10-14-19)21(26)24-20(17-25)18-11-7-5-8-12-18/h5-14,20,25H,15-17H2,1-4H3,(H,24,26)/t20-,23+/m1/s1. The Hall–Kier alpha value is -2.13. The van der Waals surface area contributed by atoms with Crippen molar-refractivity contribution in [3.63, 3.8) is 0 Å². The van der Waals surface area contributed by atoms with Gasteiger partial charge >= 0.3 is 0 Å². The minimum absolute atomic E-state index is 0.0455. The van der Waals surface area contributed by atoms with Gasteiger partial charge in [0.05, 0.1) is 18.1 Å². The van der Waals surface area contributed by atoms with Gasteiger partial charge in [0.1, 0.15) is 0 Å². The van der Waals surface area contributed by atoms with Gasteiger partial charge in [-0.05, 0) is 36.3 Å². The molecule has 2 aromatic rings. The molecule has 0 unspecified atom stereocenters. The van der Waals surface area contributed by atoms with E-state index in [-0.39, 0.29) is 17.9 Å². The van der Waals surface area contributed by atoms with Gasteiger partial charge < -0.3 is 10.4 Å². The number of carbonyl (C=O) groups is 1. The predicted molar refractivity (Wildman–Crippen MR) is 107 cm³/mol. The second kappa shape index (κ2) is 8.50. The molecule has 0 aromatic heterocycles. The fraction of sp³-hybridized carbons (Fsp3) is 0.435. The molecule has 140 valence electrons. The van der Waals surface area contributed by atoms with Gasteiger partial charge in [-0.2, -0.15) is 0 Å². The number of benzene rings is 2. The molecule has 0 fully saturated rings. The Morgan fingerprint density at radius 2 is 1.46 bits per heavy atom. The lowest BCUT2D eigenvalue weighted by atomic mass is 9.73. The predicted octanol–water partition coefficient (Wildman–Crippen LogP) is 4.62. The molecular weight excluding hydrogens is 322 g/mol. The van der Waals surface area contributed by atoms with Gasteiger partial charge in [-0.3, -0.25) is 4.79 Å². The van der Waals surface area contributed by atoms with E-state index in [0.717, 1.165) is 24.0 Å². The minimum atomic E-state index is -0.642. The molecule has 1 amide bonds. The highest BCUT2D eigenvalue weighted by molar-refractivity contribution is 5.88. The van der Waals surface area contributed by atoms with E-state index in [2.05, 4.69) is 26.1 Å². The third-order valence-corrected chi connectivity index (χ3v) is 4.98. The molecule has 3 nitrogen and oxygen atoms in total. The van der Waals surface area contributed by atoms with Gasteiger partial charge in [0.25, 0.3) is 0 Å². The molecule has 2 rings (SSSR count). The highest BCUT2D eigenvalue weighted by Crippen LogP contribution is 2.35. The number of nitrogens with one attached hydrogen (secondary N) is 1. The van der Waals surface area contributed by atoms with Gasteiger partial charge in [0.2, 0.25) is 5.91 Å². The zero-order chi connectivity index (χ0) is 19.2. The summed E-state index contributed by atoms with van der Waals surface area (Å²) in [5.74, 6) is -0.0455. The molecule has 0 saturated carbocycles. The Morgan fingerprint density at radius 1 is 0.923 bits per heavy atom. The maximum absolute atomic E-state index is 13.3. The van der Waals surface area contributed by atoms with Gasteiger partial charge in [0, 0.05) is 0 Å². The fourth-order valence-corrected chi connectivity index (χ4v) is 3.06. The molecule has 0 saturated heterocycles. The zero-order valence-corrected chi connectivity index (χ0v) is 16.3. The van der Waals surface area contributed by atoms with Gasteiger partial charge in [-0.15, -0.1) is 0 Å². The molecule has 3 heteroatoms. The molecule has 0 radical (unpaired) electrons. The molecule has 2 aromatic carbocycles. The maximum Gasteiger partial charge on any atom is 0.230 e. The molecule has 0 aliphatic rings. The first-order valence-electron chi connectivity index (χ1n) is 9.28. The van der Waals surface area contributed by atoms with E-state index in [1.54, 1.807) is 0 Å². The van der Waals surface area contributed by atoms with E-state index in [1.807, 2.05) is 67.6 Å². The van der Waals surface area contributed by atoms with Crippen LogP contribution >= 0.6 is 0 Å². The number of hydrogen-bond acceptors (Lipinski definition) is 2. The molecule has 0 aliphatic carbocycles. The maximum atomic E-state index is 13.3. The van der Waals surface area contributed by atoms with Crippen LogP contribution < -0.4 is 5.32 Å². The summed E-state index contributed by atoms with van der Waals surface area (Å²) in [7, 11) is 0. The van der Waals surface area contributed by atoms with Crippen LogP contribution in [0.4, 0.5) is 0 Å². The van der Waals surface area contributed by atoms with E-state index in [1.165, 1.54) is 0 Å². The zero-order valence-electron chi connectivity index (χ0n) is 16.3. The van der Waals surface area contributed by atoms with E-state index in [9.17, 15) is 9.90 Å². The van der Waals surface area contributed by atoms with Crippen molar-refractivity contribution in [3.05, 3.63) is 71.8 Å². The SMILES string of the molecule is CC(C)(C)CC[C@](C)(C(=O)N[C@H](CO)c1ccccc1)c1ccccc1. The summed E-state index contributed by atoms with van der Waals surface area (Å²) in [6.07, 6.45) is 1.68. The van der Waals surface area contributed by atoms with Crippen molar-refractivity contribution >= 4 is 5.91 Å². The lowest BCUT2D eigenvalue weighted by molar-refractivity contribution is -0.127. The van der Waals surface area contributed by atoms with Crippen LogP contribution in [-0.4, -0.2) is 17.6 Å². The summed E-state index contributed by atoms with van der Waals surface area (Å²) >= 11 is 0. The first-order valence-corrected chi connectivity index (χ1v) is 9.28. The first kappa shape index (κ1) is 20.2. The highest BCUT2D eigenvalue weighted by atomic mass is 16.3. The lowest BCUT2D eigenvalue weighted by Gasteiger charge is -2.33. The van der Waals surface area contributed by atoms with E-state index in [4.69, 9.17) is 0 Å². The average Bonchev–Trinajstić information content (AvgIpc) is 2.64. The summed E-state index contributed by atoms with van der Waals surface area (Å²) in [6, 6.07) is 19.1. The van der Waals surface area contributed by atoms with Crippen molar-refractivity contribution < 1.29 is 9.90 Å². The normalized spacial score (nSPS) is 15.1. The van der Waals surface area contributed by atoms with Crippen LogP contribution in [0.15, 0.2) is 60.7 Å². The summed E-state index contributed by atoms with van der Waals surface area (Å²) in [5.41, 5.74) is 1.42. The number of rotatable bonds is 7. The lowest BCUT2D eigenvalue weighted by Crippen LogP contribution is -2.45. The second-order valence-corrected chi connectivity index (χ2v) is 8.38. The first-order chi connectivity index (χ1) is 12.3. The quantitative estimate of drug-likeness (QED) is 0.763. The third kappa shape index (κ3) is 5.18. The van der Waals surface area contributed by atoms with Crippen molar-refractivity contribution in [2.75, 3.05) is 6.61 Å². The summed E-state index contributed by atoms with van der Waals surface area (Å²) < 4.78 is 0. The Balaban J connectivity index is 2.28. The molecule has 0 spiro atoms. The molecule has 0 heterocycles. The van der Waals surface area contributed by atoms with Gasteiger partial charge in [0.15, 0.2) is 0 Å². The van der Waals surface area contributed by atoms with Crippen LogP contribution in [0.3, 0.4) is 0 Å². The monoisotopic (exact) mass is 353 g/mol. The Labute approximate surface area is 157 Å². The van der Waals surface area contributed by atoms with Crippen molar-refractivity contribution in [1.29, 1.82) is 0 Å². The molecule has 2 atom stereocenters. The Kier molecular flexibility index (Phi) is 6.60. The van der Waals surface area contributed by atoms with Crippen molar-refractivity contribution in [2.24, 2.45) is 5.41 Å². The van der Waals surface area contributed by atoms with Crippen LogP contribution in [0.1, 0.15) is 57.7 Å². The average molecular weight is 354 g/mol. The van der Waals surface area contributed by atoms with Crippen LogP contribution in [0.5, 0.6) is 0 Å². The summed E-state index contributed by atoms with van der Waals surface area (Å²) in [5, 5.41) is 12.9. The molecule has 2 N–H and O–H groups in total. The van der Waals surface area contributed by atoms with Crippen LogP contribution in [0, 0.1) is 5.41 Å². The molecule has 0 aliphatic heterocycles. The van der Waals surface area contributed by atoms with E-state index in [0.29, 0.717) is 0 Å². The van der Waals surface area contributed by atoms with Crippen molar-refractivity contribution in [3.8, 4) is 0 Å². The van der Waals surface area contributed by atoms with Crippen molar-refractivity contribution in [2.45, 2.75) is 52.0 Å². The van der Waals surface area contributed by atoms with E-state index < -0.39 is 11.5 Å². The summed E-state index contributed by atoms with van der Waals surface area (Å²) in [6.45, 7) is 8.45. The molecule has 26 heavy (non-hydrogen) atoms. The van der Waals surface area contributed by atoms with Gasteiger partial charge in [-0.25, -0.2) is 0 Å². The topological polar surface area (TPSA) is 49.3 Å². The van der Waals surface area contributed by atoms with Crippen molar-refractivity contribution in [1.82, 2.24) is 5.32 Å².